The number of ether oxygens (including phenoxy) is 1. The predicted octanol–water partition coefficient (Wildman–Crippen LogP) is 2.64. The number of morpholine rings is 1. The summed E-state index contributed by atoms with van der Waals surface area (Å²) in [6, 6.07) is 10.3. The third-order valence-electron chi connectivity index (χ3n) is 4.07. The molecule has 3 rings (SSSR count). The molecular formula is C18H25N5O. The Balaban J connectivity index is 1.87. The molecule has 1 unspecified atom stereocenters. The number of anilines is 2. The Labute approximate surface area is 143 Å². The minimum absolute atomic E-state index is 0.0435. The molecule has 2 aromatic rings. The zero-order valence-corrected chi connectivity index (χ0v) is 14.8. The van der Waals surface area contributed by atoms with E-state index in [4.69, 9.17) is 4.74 Å². The van der Waals surface area contributed by atoms with Gasteiger partial charge in [-0.05, 0) is 5.56 Å². The van der Waals surface area contributed by atoms with E-state index in [1.54, 1.807) is 0 Å². The van der Waals surface area contributed by atoms with E-state index in [1.807, 2.05) is 37.2 Å². The molecule has 1 fully saturated rings. The molecule has 6 nitrogen and oxygen atoms in total. The summed E-state index contributed by atoms with van der Waals surface area (Å²) in [7, 11) is 3.91. The zero-order chi connectivity index (χ0) is 17.1. The molecule has 0 bridgehead atoms. The van der Waals surface area contributed by atoms with Crippen molar-refractivity contribution in [1.82, 2.24) is 15.0 Å². The molecule has 6 heteroatoms. The van der Waals surface area contributed by atoms with Gasteiger partial charge in [0.25, 0.3) is 0 Å². The highest BCUT2D eigenvalue weighted by Gasteiger charge is 2.25. The Bertz CT molecular complexity index is 648. The van der Waals surface area contributed by atoms with Gasteiger partial charge in [-0.1, -0.05) is 44.2 Å². The van der Waals surface area contributed by atoms with Crippen LogP contribution in [0.1, 0.15) is 37.3 Å². The van der Waals surface area contributed by atoms with E-state index in [-0.39, 0.29) is 12.0 Å². The van der Waals surface area contributed by atoms with Crippen LogP contribution in [0.2, 0.25) is 0 Å². The maximum atomic E-state index is 5.95. The lowest BCUT2D eigenvalue weighted by molar-refractivity contribution is 0.0392. The summed E-state index contributed by atoms with van der Waals surface area (Å²) in [5, 5.41) is 0. The Morgan fingerprint density at radius 2 is 1.88 bits per heavy atom. The molecule has 1 atom stereocenters. The molecule has 24 heavy (non-hydrogen) atoms. The maximum absolute atomic E-state index is 5.95. The van der Waals surface area contributed by atoms with Crippen LogP contribution in [0, 0.1) is 0 Å². The summed E-state index contributed by atoms with van der Waals surface area (Å²) in [6.07, 6.45) is 0.0435. The van der Waals surface area contributed by atoms with E-state index < -0.39 is 0 Å². The van der Waals surface area contributed by atoms with Crippen molar-refractivity contribution in [2.45, 2.75) is 25.9 Å². The molecular weight excluding hydrogens is 302 g/mol. The first-order valence-corrected chi connectivity index (χ1v) is 8.39. The second-order valence-electron chi connectivity index (χ2n) is 6.56. The third kappa shape index (κ3) is 3.64. The minimum Gasteiger partial charge on any atom is -0.370 e. The van der Waals surface area contributed by atoms with Crippen LogP contribution in [-0.2, 0) is 4.74 Å². The molecule has 2 heterocycles. The quantitative estimate of drug-likeness (QED) is 0.860. The van der Waals surface area contributed by atoms with Crippen LogP contribution in [0.4, 0.5) is 11.9 Å². The number of aromatic nitrogens is 3. The van der Waals surface area contributed by atoms with Crippen molar-refractivity contribution in [1.29, 1.82) is 0 Å². The second kappa shape index (κ2) is 7.13. The number of hydrogen-bond acceptors (Lipinski definition) is 6. The Hall–Kier alpha value is -2.21. The zero-order valence-electron chi connectivity index (χ0n) is 14.8. The van der Waals surface area contributed by atoms with Crippen LogP contribution in [0.25, 0.3) is 0 Å². The van der Waals surface area contributed by atoms with E-state index in [9.17, 15) is 0 Å². The monoisotopic (exact) mass is 327 g/mol. The number of nitrogens with zero attached hydrogens (tertiary/aromatic N) is 5. The molecule has 1 aromatic carbocycles. The molecule has 1 aliphatic heterocycles. The lowest BCUT2D eigenvalue weighted by Gasteiger charge is -2.33. The molecule has 0 saturated carbocycles. The predicted molar refractivity (Wildman–Crippen MR) is 95.6 cm³/mol. The van der Waals surface area contributed by atoms with Gasteiger partial charge in [0, 0.05) is 26.6 Å². The first kappa shape index (κ1) is 16.6. The first-order chi connectivity index (χ1) is 11.5. The van der Waals surface area contributed by atoms with Crippen LogP contribution in [0.15, 0.2) is 30.3 Å². The summed E-state index contributed by atoms with van der Waals surface area (Å²) in [6.45, 7) is 6.41. The molecule has 0 N–H and O–H groups in total. The van der Waals surface area contributed by atoms with Crippen molar-refractivity contribution in [2.75, 3.05) is 43.6 Å². The van der Waals surface area contributed by atoms with Crippen LogP contribution >= 0.6 is 0 Å². The van der Waals surface area contributed by atoms with Gasteiger partial charge >= 0.3 is 0 Å². The first-order valence-electron chi connectivity index (χ1n) is 8.39. The smallest absolute Gasteiger partial charge is 0.230 e. The fourth-order valence-corrected chi connectivity index (χ4v) is 2.67. The molecule has 1 aliphatic rings. The highest BCUT2D eigenvalue weighted by molar-refractivity contribution is 5.39. The summed E-state index contributed by atoms with van der Waals surface area (Å²) in [5.74, 6) is 2.52. The van der Waals surface area contributed by atoms with Crippen LogP contribution < -0.4 is 9.80 Å². The van der Waals surface area contributed by atoms with Crippen LogP contribution in [0.5, 0.6) is 0 Å². The maximum Gasteiger partial charge on any atom is 0.230 e. The normalized spacial score (nSPS) is 18.0. The van der Waals surface area contributed by atoms with E-state index in [0.29, 0.717) is 12.6 Å². The lowest BCUT2D eigenvalue weighted by Crippen LogP contribution is -2.39. The largest absolute Gasteiger partial charge is 0.370 e. The van der Waals surface area contributed by atoms with Gasteiger partial charge in [0.1, 0.15) is 11.9 Å². The minimum atomic E-state index is 0.0435. The van der Waals surface area contributed by atoms with Gasteiger partial charge in [0.2, 0.25) is 11.9 Å². The molecule has 0 radical (unpaired) electrons. The second-order valence-corrected chi connectivity index (χ2v) is 6.56. The van der Waals surface area contributed by atoms with E-state index >= 15 is 0 Å². The van der Waals surface area contributed by atoms with Crippen molar-refractivity contribution >= 4 is 11.9 Å². The third-order valence-corrected chi connectivity index (χ3v) is 4.07. The summed E-state index contributed by atoms with van der Waals surface area (Å²) in [4.78, 5) is 18.0. The Morgan fingerprint density at radius 3 is 2.54 bits per heavy atom. The molecule has 1 aromatic heterocycles. The van der Waals surface area contributed by atoms with E-state index in [0.717, 1.165) is 24.9 Å². The van der Waals surface area contributed by atoms with Crippen molar-refractivity contribution in [2.24, 2.45) is 0 Å². The molecule has 1 saturated heterocycles. The average molecular weight is 327 g/mol. The van der Waals surface area contributed by atoms with Crippen molar-refractivity contribution in [3.05, 3.63) is 41.7 Å². The van der Waals surface area contributed by atoms with Crippen LogP contribution in [-0.4, -0.2) is 48.7 Å². The van der Waals surface area contributed by atoms with E-state index in [1.165, 1.54) is 5.56 Å². The fraction of sp³-hybridized carbons (Fsp3) is 0.500. The van der Waals surface area contributed by atoms with Crippen molar-refractivity contribution in [3.63, 3.8) is 0 Å². The molecule has 128 valence electrons. The summed E-state index contributed by atoms with van der Waals surface area (Å²) >= 11 is 0. The fourth-order valence-electron chi connectivity index (χ4n) is 2.67. The molecule has 0 spiro atoms. The van der Waals surface area contributed by atoms with Gasteiger partial charge in [0.05, 0.1) is 13.2 Å². The lowest BCUT2D eigenvalue weighted by atomic mass is 10.1. The topological polar surface area (TPSA) is 54.4 Å². The SMILES string of the molecule is CC(C)c1nc(N(C)C)nc(N2CCOC(c3ccccc3)C2)n1. The van der Waals surface area contributed by atoms with E-state index in [2.05, 4.69) is 45.8 Å². The van der Waals surface area contributed by atoms with Crippen molar-refractivity contribution in [3.8, 4) is 0 Å². The van der Waals surface area contributed by atoms with Gasteiger partial charge < -0.3 is 14.5 Å². The number of hydrogen-bond donors (Lipinski definition) is 0. The van der Waals surface area contributed by atoms with Crippen molar-refractivity contribution < 1.29 is 4.74 Å². The summed E-state index contributed by atoms with van der Waals surface area (Å²) < 4.78 is 5.95. The molecule has 0 amide bonds. The van der Waals surface area contributed by atoms with Crippen LogP contribution in [0.3, 0.4) is 0 Å². The Kier molecular flexibility index (Phi) is 4.94. The highest BCUT2D eigenvalue weighted by atomic mass is 16.5. The van der Waals surface area contributed by atoms with Gasteiger partial charge in [-0.3, -0.25) is 0 Å². The standard InChI is InChI=1S/C18H25N5O/c1-13(2)16-19-17(22(3)4)21-18(20-16)23-10-11-24-15(12-23)14-8-6-5-7-9-14/h5-9,13,15H,10-12H2,1-4H3. The van der Waals surface area contributed by atoms with Gasteiger partial charge in [0.15, 0.2) is 0 Å². The number of benzene rings is 1. The molecule has 0 aliphatic carbocycles. The van der Waals surface area contributed by atoms with Gasteiger partial charge in [-0.25, -0.2) is 0 Å². The number of rotatable bonds is 4. The average Bonchev–Trinajstić information content (AvgIpc) is 2.62. The van der Waals surface area contributed by atoms with Gasteiger partial charge in [-0.15, -0.1) is 0 Å². The Morgan fingerprint density at radius 1 is 1.12 bits per heavy atom. The summed E-state index contributed by atoms with van der Waals surface area (Å²) in [5.41, 5.74) is 1.19. The highest BCUT2D eigenvalue weighted by Crippen LogP contribution is 2.25. The van der Waals surface area contributed by atoms with Gasteiger partial charge in [-0.2, -0.15) is 15.0 Å².